The molecule has 2 rings (SSSR count). The summed E-state index contributed by atoms with van der Waals surface area (Å²) in [6.07, 6.45) is 2.92. The highest BCUT2D eigenvalue weighted by Crippen LogP contribution is 2.40. The summed E-state index contributed by atoms with van der Waals surface area (Å²) in [4.78, 5) is 12.4. The van der Waals surface area contributed by atoms with Crippen LogP contribution in [0.25, 0.3) is 11.3 Å². The Bertz CT molecular complexity index is 821. The van der Waals surface area contributed by atoms with Gasteiger partial charge in [-0.2, -0.15) is 5.10 Å². The first-order valence-electron chi connectivity index (χ1n) is 10.1. The van der Waals surface area contributed by atoms with Gasteiger partial charge in [-0.05, 0) is 37.7 Å². The van der Waals surface area contributed by atoms with Gasteiger partial charge in [0, 0.05) is 18.2 Å². The first kappa shape index (κ1) is 22.2. The largest absolute Gasteiger partial charge is 0.386 e. The zero-order valence-electron chi connectivity index (χ0n) is 18.3. The van der Waals surface area contributed by atoms with Crippen molar-refractivity contribution in [2.75, 3.05) is 0 Å². The lowest BCUT2D eigenvalue weighted by Gasteiger charge is -2.29. The van der Waals surface area contributed by atoms with E-state index in [1.54, 1.807) is 13.8 Å². The molecule has 0 bridgehead atoms. The van der Waals surface area contributed by atoms with E-state index in [1.807, 2.05) is 56.8 Å². The van der Waals surface area contributed by atoms with E-state index in [1.165, 1.54) is 0 Å². The Hall–Kier alpha value is -2.14. The van der Waals surface area contributed by atoms with Gasteiger partial charge in [-0.15, -0.1) is 0 Å². The summed E-state index contributed by atoms with van der Waals surface area (Å²) in [7, 11) is 1.89. The van der Waals surface area contributed by atoms with E-state index in [-0.39, 0.29) is 11.3 Å². The topological polar surface area (TPSA) is 81.1 Å². The van der Waals surface area contributed by atoms with Gasteiger partial charge in [0.15, 0.2) is 0 Å². The van der Waals surface area contributed by atoms with Crippen LogP contribution in [0.15, 0.2) is 24.3 Å². The van der Waals surface area contributed by atoms with Crippen LogP contribution in [0.5, 0.6) is 0 Å². The number of nitrogens with zero attached hydrogens (tertiary/aromatic N) is 2. The van der Waals surface area contributed by atoms with Crippen LogP contribution in [0, 0.1) is 5.41 Å². The molecule has 28 heavy (non-hydrogen) atoms. The molecule has 0 radical (unpaired) electrons. The highest BCUT2D eigenvalue weighted by atomic mass is 16.3. The van der Waals surface area contributed by atoms with Crippen molar-refractivity contribution in [3.8, 4) is 11.3 Å². The van der Waals surface area contributed by atoms with Crippen molar-refractivity contribution in [3.63, 3.8) is 0 Å². The quantitative estimate of drug-likeness (QED) is 0.747. The molecule has 0 aliphatic heterocycles. The Balaban J connectivity index is 2.64. The van der Waals surface area contributed by atoms with Gasteiger partial charge in [-0.1, -0.05) is 58.4 Å². The lowest BCUT2D eigenvalue weighted by Crippen LogP contribution is -2.34. The van der Waals surface area contributed by atoms with Gasteiger partial charge in [0.25, 0.3) is 0 Å². The van der Waals surface area contributed by atoms with Gasteiger partial charge in [0.1, 0.15) is 0 Å². The number of aromatic nitrogens is 2. The van der Waals surface area contributed by atoms with Crippen LogP contribution in [0.1, 0.15) is 77.1 Å². The third-order valence-electron chi connectivity index (χ3n) is 5.26. The van der Waals surface area contributed by atoms with Crippen molar-refractivity contribution < 1.29 is 9.90 Å². The maximum Gasteiger partial charge on any atom is 0.227 e. The molecule has 1 atom stereocenters. The summed E-state index contributed by atoms with van der Waals surface area (Å²) in [6, 6.07) is 7.85. The molecule has 1 aromatic carbocycles. The second kappa shape index (κ2) is 8.08. The monoisotopic (exact) mass is 385 g/mol. The fourth-order valence-electron chi connectivity index (χ4n) is 3.78. The first-order chi connectivity index (χ1) is 12.9. The molecule has 0 saturated carbocycles. The number of aliphatic hydroxyl groups is 1. The molecule has 5 heteroatoms. The molecular formula is C23H35N3O2. The summed E-state index contributed by atoms with van der Waals surface area (Å²) < 4.78 is 1.82. The molecule has 1 unspecified atom stereocenters. The molecule has 0 fully saturated rings. The molecule has 5 nitrogen and oxygen atoms in total. The van der Waals surface area contributed by atoms with Crippen molar-refractivity contribution >= 4 is 5.91 Å². The number of hydrogen-bond donors (Lipinski definition) is 2. The number of hydrogen-bond acceptors (Lipinski definition) is 3. The van der Waals surface area contributed by atoms with Crippen LogP contribution in [-0.4, -0.2) is 20.8 Å². The number of benzene rings is 1. The highest BCUT2D eigenvalue weighted by molar-refractivity contribution is 5.83. The summed E-state index contributed by atoms with van der Waals surface area (Å²) in [5.74, 6) is -0.738. The number of primary amides is 1. The second-order valence-corrected chi connectivity index (χ2v) is 9.28. The zero-order chi connectivity index (χ0) is 21.3. The number of aryl methyl sites for hydroxylation is 1. The summed E-state index contributed by atoms with van der Waals surface area (Å²) in [5.41, 5.74) is 9.38. The normalized spacial score (nSPS) is 13.6. The number of rotatable bonds is 7. The minimum absolute atomic E-state index is 0.303. The summed E-state index contributed by atoms with van der Waals surface area (Å²) in [6.45, 7) is 11.8. The van der Waals surface area contributed by atoms with Crippen molar-refractivity contribution in [3.05, 3.63) is 41.1 Å². The van der Waals surface area contributed by atoms with Crippen LogP contribution in [0.4, 0.5) is 0 Å². The first-order valence-corrected chi connectivity index (χ1v) is 10.1. The number of nitrogens with two attached hydrogens (primary N) is 1. The van der Waals surface area contributed by atoms with E-state index >= 15 is 0 Å². The van der Waals surface area contributed by atoms with Crippen LogP contribution in [0.3, 0.4) is 0 Å². The fraction of sp³-hybridized carbons (Fsp3) is 0.565. The summed E-state index contributed by atoms with van der Waals surface area (Å²) >= 11 is 0. The predicted octanol–water partition coefficient (Wildman–Crippen LogP) is 4.27. The number of carbonyl (C=O) groups excluding carboxylic acids is 1. The molecule has 1 aromatic heterocycles. The van der Waals surface area contributed by atoms with Gasteiger partial charge < -0.3 is 10.8 Å². The third kappa shape index (κ3) is 4.64. The molecule has 0 saturated heterocycles. The molecule has 154 valence electrons. The van der Waals surface area contributed by atoms with Gasteiger partial charge in [-0.25, -0.2) is 0 Å². The maximum atomic E-state index is 12.4. The molecule has 1 heterocycles. The molecule has 0 spiro atoms. The average molecular weight is 386 g/mol. The molecule has 2 aromatic rings. The summed E-state index contributed by atoms with van der Waals surface area (Å²) in [5, 5.41) is 15.0. The third-order valence-corrected chi connectivity index (χ3v) is 5.26. The number of carbonyl (C=O) groups is 1. The van der Waals surface area contributed by atoms with Crippen LogP contribution in [-0.2, 0) is 23.9 Å². The van der Waals surface area contributed by atoms with Crippen molar-refractivity contribution in [1.82, 2.24) is 9.78 Å². The van der Waals surface area contributed by atoms with Gasteiger partial charge in [-0.3, -0.25) is 9.48 Å². The average Bonchev–Trinajstić information content (AvgIpc) is 2.87. The Kier molecular flexibility index (Phi) is 6.39. The van der Waals surface area contributed by atoms with E-state index in [4.69, 9.17) is 10.8 Å². The molecule has 0 aliphatic rings. The molecule has 0 aliphatic carbocycles. The number of unbranched alkanes of at least 4 members (excludes halogenated alkanes) is 1. The maximum absolute atomic E-state index is 12.4. The zero-order valence-corrected chi connectivity index (χ0v) is 18.3. The van der Waals surface area contributed by atoms with E-state index < -0.39 is 11.5 Å². The van der Waals surface area contributed by atoms with E-state index in [0.29, 0.717) is 0 Å². The Morgan fingerprint density at radius 1 is 1.18 bits per heavy atom. The number of amides is 1. The molecule has 3 N–H and O–H groups in total. The molecular weight excluding hydrogens is 350 g/mol. The van der Waals surface area contributed by atoms with Crippen LogP contribution in [0.2, 0.25) is 0 Å². The Morgan fingerprint density at radius 2 is 1.75 bits per heavy atom. The fourth-order valence-corrected chi connectivity index (χ4v) is 3.78. The van der Waals surface area contributed by atoms with E-state index in [9.17, 15) is 9.90 Å². The van der Waals surface area contributed by atoms with E-state index in [2.05, 4.69) is 6.92 Å². The van der Waals surface area contributed by atoms with Crippen LogP contribution < -0.4 is 5.73 Å². The van der Waals surface area contributed by atoms with E-state index in [0.717, 1.165) is 47.3 Å². The standard InChI is InChI=1S/C23H35N3O2/c1-8-9-10-17-19(15-11-13-16(14-12-15)23(5,6)28)25-26(7)20(17)18(21(24)27)22(2,3)4/h11-14,18,28H,8-10H2,1-7H3,(H2,24,27). The lowest BCUT2D eigenvalue weighted by molar-refractivity contribution is -0.121. The van der Waals surface area contributed by atoms with Gasteiger partial charge >= 0.3 is 0 Å². The SMILES string of the molecule is CCCCc1c(-c2ccc(C(C)(C)O)cc2)nn(C)c1C(C(N)=O)C(C)(C)C. The Labute approximate surface area is 169 Å². The minimum atomic E-state index is -0.887. The second-order valence-electron chi connectivity index (χ2n) is 9.28. The minimum Gasteiger partial charge on any atom is -0.386 e. The van der Waals surface area contributed by atoms with Crippen molar-refractivity contribution in [1.29, 1.82) is 0 Å². The lowest BCUT2D eigenvalue weighted by atomic mass is 9.76. The van der Waals surface area contributed by atoms with Gasteiger partial charge in [0.2, 0.25) is 5.91 Å². The smallest absolute Gasteiger partial charge is 0.227 e. The highest BCUT2D eigenvalue weighted by Gasteiger charge is 2.36. The van der Waals surface area contributed by atoms with Crippen molar-refractivity contribution in [2.45, 2.75) is 72.3 Å². The predicted molar refractivity (Wildman–Crippen MR) is 114 cm³/mol. The van der Waals surface area contributed by atoms with Crippen LogP contribution >= 0.6 is 0 Å². The van der Waals surface area contributed by atoms with Crippen molar-refractivity contribution in [2.24, 2.45) is 18.2 Å². The molecule has 1 amide bonds. The Morgan fingerprint density at radius 3 is 2.18 bits per heavy atom. The van der Waals surface area contributed by atoms with Gasteiger partial charge in [0.05, 0.1) is 22.9 Å².